The zero-order valence-corrected chi connectivity index (χ0v) is 21.2. The van der Waals surface area contributed by atoms with Crippen LogP contribution in [0.3, 0.4) is 0 Å². The van der Waals surface area contributed by atoms with Crippen LogP contribution in [0.4, 0.5) is 0 Å². The van der Waals surface area contributed by atoms with Crippen molar-refractivity contribution in [3.63, 3.8) is 0 Å². The zero-order chi connectivity index (χ0) is 24.6. The molecule has 1 aliphatic rings. The molecule has 0 heterocycles. The minimum absolute atomic E-state index is 0.0613. The van der Waals surface area contributed by atoms with Crippen LogP contribution in [0.1, 0.15) is 77.3 Å². The van der Waals surface area contributed by atoms with Gasteiger partial charge in [0.25, 0.3) is 5.91 Å². The molecule has 2 aromatic carbocycles. The number of nitrogens with zero attached hydrogens (tertiary/aromatic N) is 1. The van der Waals surface area contributed by atoms with Crippen molar-refractivity contribution in [2.24, 2.45) is 0 Å². The summed E-state index contributed by atoms with van der Waals surface area (Å²) in [5, 5.41) is 3.22. The van der Waals surface area contributed by atoms with Crippen LogP contribution in [0.5, 0.6) is 5.75 Å². The van der Waals surface area contributed by atoms with Crippen molar-refractivity contribution < 1.29 is 14.3 Å². The monoisotopic (exact) mass is 464 g/mol. The van der Waals surface area contributed by atoms with E-state index in [0.29, 0.717) is 18.7 Å². The van der Waals surface area contributed by atoms with Crippen LogP contribution in [0, 0.1) is 0 Å². The summed E-state index contributed by atoms with van der Waals surface area (Å²) < 4.78 is 6.05. The second-order valence-corrected chi connectivity index (χ2v) is 10.3. The second-order valence-electron chi connectivity index (χ2n) is 10.3. The van der Waals surface area contributed by atoms with E-state index in [0.717, 1.165) is 36.8 Å². The smallest absolute Gasteiger partial charge is 0.261 e. The summed E-state index contributed by atoms with van der Waals surface area (Å²) in [5.41, 5.74) is 1.95. The minimum atomic E-state index is -0.531. The quantitative estimate of drug-likeness (QED) is 0.524. The maximum absolute atomic E-state index is 13.5. The lowest BCUT2D eigenvalue weighted by Gasteiger charge is -2.33. The average Bonchev–Trinajstić information content (AvgIpc) is 2.83. The highest BCUT2D eigenvalue weighted by atomic mass is 16.5. The fourth-order valence-electron chi connectivity index (χ4n) is 4.68. The Bertz CT molecular complexity index is 930. The van der Waals surface area contributed by atoms with E-state index in [1.54, 1.807) is 4.90 Å². The summed E-state index contributed by atoms with van der Waals surface area (Å²) in [6.07, 6.45) is 6.11. The molecular weight excluding hydrogens is 424 g/mol. The largest absolute Gasteiger partial charge is 0.483 e. The number of hydrogen-bond donors (Lipinski definition) is 1. The summed E-state index contributed by atoms with van der Waals surface area (Å²) >= 11 is 0. The van der Waals surface area contributed by atoms with E-state index >= 15 is 0 Å². The highest BCUT2D eigenvalue weighted by Crippen LogP contribution is 2.31. The first kappa shape index (κ1) is 25.8. The van der Waals surface area contributed by atoms with Gasteiger partial charge in [-0.3, -0.25) is 9.59 Å². The third kappa shape index (κ3) is 7.09. The van der Waals surface area contributed by atoms with Gasteiger partial charge in [0.2, 0.25) is 5.91 Å². The molecule has 5 nitrogen and oxygen atoms in total. The third-order valence-electron chi connectivity index (χ3n) is 6.58. The topological polar surface area (TPSA) is 58.6 Å². The van der Waals surface area contributed by atoms with Gasteiger partial charge in [-0.2, -0.15) is 0 Å². The van der Waals surface area contributed by atoms with Gasteiger partial charge in [0, 0.05) is 12.6 Å². The molecular formula is C29H40N2O3. The van der Waals surface area contributed by atoms with E-state index in [-0.39, 0.29) is 29.9 Å². The molecule has 0 aliphatic heterocycles. The number of amides is 2. The summed E-state index contributed by atoms with van der Waals surface area (Å²) in [4.78, 5) is 28.5. The molecule has 34 heavy (non-hydrogen) atoms. The Labute approximate surface area is 204 Å². The van der Waals surface area contributed by atoms with Gasteiger partial charge < -0.3 is 15.0 Å². The Morgan fingerprint density at radius 1 is 1.00 bits per heavy atom. The maximum atomic E-state index is 13.5. The number of nitrogens with one attached hydrogen (secondary N) is 1. The predicted octanol–water partition coefficient (Wildman–Crippen LogP) is 5.62. The van der Waals surface area contributed by atoms with E-state index in [1.165, 1.54) is 6.42 Å². The fourth-order valence-corrected chi connectivity index (χ4v) is 4.68. The van der Waals surface area contributed by atoms with Gasteiger partial charge in [-0.25, -0.2) is 0 Å². The summed E-state index contributed by atoms with van der Waals surface area (Å²) in [6.45, 7) is 8.62. The van der Waals surface area contributed by atoms with Crippen LogP contribution in [-0.2, 0) is 21.5 Å². The molecule has 1 atom stereocenters. The molecule has 0 bridgehead atoms. The van der Waals surface area contributed by atoms with Gasteiger partial charge in [-0.1, -0.05) is 95.5 Å². The molecule has 5 heteroatoms. The van der Waals surface area contributed by atoms with E-state index < -0.39 is 6.04 Å². The van der Waals surface area contributed by atoms with Crippen molar-refractivity contribution in [1.29, 1.82) is 0 Å². The first-order valence-electron chi connectivity index (χ1n) is 12.7. The first-order chi connectivity index (χ1) is 16.3. The van der Waals surface area contributed by atoms with Crippen molar-refractivity contribution in [3.05, 3.63) is 65.7 Å². The van der Waals surface area contributed by atoms with Gasteiger partial charge in [0.1, 0.15) is 11.8 Å². The average molecular weight is 465 g/mol. The molecule has 1 fully saturated rings. The van der Waals surface area contributed by atoms with Crippen LogP contribution in [-0.4, -0.2) is 35.4 Å². The van der Waals surface area contributed by atoms with Crippen LogP contribution in [0.2, 0.25) is 0 Å². The van der Waals surface area contributed by atoms with E-state index in [1.807, 2.05) is 61.5 Å². The number of carbonyl (C=O) groups excluding carboxylic acids is 2. The molecule has 0 saturated heterocycles. The summed E-state index contributed by atoms with van der Waals surface area (Å²) in [6, 6.07) is 17.4. The molecule has 1 saturated carbocycles. The molecule has 2 amide bonds. The molecule has 1 unspecified atom stereocenters. The Morgan fingerprint density at radius 3 is 2.29 bits per heavy atom. The highest BCUT2D eigenvalue weighted by Gasteiger charge is 2.31. The van der Waals surface area contributed by atoms with E-state index in [2.05, 4.69) is 26.1 Å². The molecule has 0 aromatic heterocycles. The second kappa shape index (κ2) is 12.0. The SMILES string of the molecule is CCC(C(=O)NC1CCCCC1)N(Cc1ccccc1)C(=O)COc1ccccc1C(C)(C)C. The highest BCUT2D eigenvalue weighted by molar-refractivity contribution is 5.88. The first-order valence-corrected chi connectivity index (χ1v) is 12.7. The lowest BCUT2D eigenvalue weighted by Crippen LogP contribution is -2.52. The molecule has 0 spiro atoms. The number of rotatable bonds is 9. The molecule has 1 N–H and O–H groups in total. The predicted molar refractivity (Wildman–Crippen MR) is 137 cm³/mol. The maximum Gasteiger partial charge on any atom is 0.261 e. The molecule has 1 aliphatic carbocycles. The number of ether oxygens (including phenoxy) is 1. The van der Waals surface area contributed by atoms with Crippen LogP contribution in [0.25, 0.3) is 0 Å². The lowest BCUT2D eigenvalue weighted by atomic mass is 9.86. The molecule has 2 aromatic rings. The van der Waals surface area contributed by atoms with E-state index in [4.69, 9.17) is 4.74 Å². The summed E-state index contributed by atoms with van der Waals surface area (Å²) in [7, 11) is 0. The molecule has 3 rings (SSSR count). The summed E-state index contributed by atoms with van der Waals surface area (Å²) in [5.74, 6) is 0.467. The van der Waals surface area contributed by atoms with Gasteiger partial charge in [0.15, 0.2) is 6.61 Å². The lowest BCUT2D eigenvalue weighted by molar-refractivity contribution is -0.143. The minimum Gasteiger partial charge on any atom is -0.483 e. The Hall–Kier alpha value is -2.82. The fraction of sp³-hybridized carbons (Fsp3) is 0.517. The Balaban J connectivity index is 1.77. The number of benzene rings is 2. The van der Waals surface area contributed by atoms with Crippen molar-refractivity contribution in [2.75, 3.05) is 6.61 Å². The van der Waals surface area contributed by atoms with Gasteiger partial charge >= 0.3 is 0 Å². The van der Waals surface area contributed by atoms with Gasteiger partial charge in [0.05, 0.1) is 0 Å². The van der Waals surface area contributed by atoms with E-state index in [9.17, 15) is 9.59 Å². The van der Waals surface area contributed by atoms with Crippen LogP contribution < -0.4 is 10.1 Å². The van der Waals surface area contributed by atoms with Crippen LogP contribution >= 0.6 is 0 Å². The van der Waals surface area contributed by atoms with Crippen molar-refractivity contribution >= 4 is 11.8 Å². The van der Waals surface area contributed by atoms with Crippen LogP contribution in [0.15, 0.2) is 54.6 Å². The Morgan fingerprint density at radius 2 is 1.65 bits per heavy atom. The van der Waals surface area contributed by atoms with Gasteiger partial charge in [-0.05, 0) is 41.9 Å². The number of hydrogen-bond acceptors (Lipinski definition) is 3. The normalized spacial score (nSPS) is 15.4. The molecule has 0 radical (unpaired) electrons. The standard InChI is InChI=1S/C29H40N2O3/c1-5-25(28(33)30-23-16-10-7-11-17-23)31(20-22-14-8-6-9-15-22)27(32)21-34-26-19-13-12-18-24(26)29(2,3)4/h6,8-9,12-15,18-19,23,25H,5,7,10-11,16-17,20-21H2,1-4H3,(H,30,33). The third-order valence-corrected chi connectivity index (χ3v) is 6.58. The number of para-hydroxylation sites is 1. The number of carbonyl (C=O) groups is 2. The Kier molecular flexibility index (Phi) is 9.14. The zero-order valence-electron chi connectivity index (χ0n) is 21.2. The molecule has 184 valence electrons. The van der Waals surface area contributed by atoms with Crippen molar-refractivity contribution in [1.82, 2.24) is 10.2 Å². The van der Waals surface area contributed by atoms with Gasteiger partial charge in [-0.15, -0.1) is 0 Å². The van der Waals surface area contributed by atoms with Crippen molar-refractivity contribution in [3.8, 4) is 5.75 Å². The van der Waals surface area contributed by atoms with Crippen molar-refractivity contribution in [2.45, 2.75) is 90.3 Å².